The third-order valence-electron chi connectivity index (χ3n) is 2.63. The van der Waals surface area contributed by atoms with E-state index in [1.807, 2.05) is 22.7 Å². The normalized spacial score (nSPS) is 11.2. The zero-order chi connectivity index (χ0) is 12.5. The molecule has 0 radical (unpaired) electrons. The molecule has 1 aromatic carbocycles. The molecule has 0 saturated heterocycles. The van der Waals surface area contributed by atoms with Gasteiger partial charge in [-0.3, -0.25) is 0 Å². The van der Waals surface area contributed by atoms with E-state index in [0.29, 0.717) is 0 Å². The average molecular weight is 323 g/mol. The van der Waals surface area contributed by atoms with Gasteiger partial charge in [0, 0.05) is 16.5 Å². The molecule has 0 bridgehead atoms. The fourth-order valence-electron chi connectivity index (χ4n) is 1.78. The number of hydrogen-bond donors (Lipinski definition) is 0. The molecule has 3 aromatic rings. The maximum Gasteiger partial charge on any atom is 0.234 e. The molecule has 4 nitrogen and oxygen atoms in total. The van der Waals surface area contributed by atoms with Gasteiger partial charge in [0.05, 0.1) is 0 Å². The molecule has 0 aliphatic carbocycles. The number of nitrogens with zero attached hydrogens (tertiary/aromatic N) is 4. The van der Waals surface area contributed by atoms with Crippen molar-refractivity contribution in [3.63, 3.8) is 0 Å². The van der Waals surface area contributed by atoms with E-state index in [1.165, 1.54) is 0 Å². The van der Waals surface area contributed by atoms with E-state index in [4.69, 9.17) is 0 Å². The highest BCUT2D eigenvalue weighted by Crippen LogP contribution is 2.31. The van der Waals surface area contributed by atoms with Crippen LogP contribution in [0.25, 0.3) is 15.5 Å². The van der Waals surface area contributed by atoms with E-state index in [9.17, 15) is 0 Å². The first-order valence-electron chi connectivity index (χ1n) is 5.75. The summed E-state index contributed by atoms with van der Waals surface area (Å²) in [7, 11) is 0. The van der Waals surface area contributed by atoms with Gasteiger partial charge in [-0.25, -0.2) is 0 Å². The van der Waals surface area contributed by atoms with Crippen molar-refractivity contribution < 1.29 is 0 Å². The van der Waals surface area contributed by atoms with Crippen LogP contribution >= 0.6 is 27.3 Å². The molecule has 0 amide bonds. The quantitative estimate of drug-likeness (QED) is 0.740. The van der Waals surface area contributed by atoms with Crippen LogP contribution in [-0.4, -0.2) is 19.8 Å². The van der Waals surface area contributed by atoms with Crippen molar-refractivity contribution in [3.8, 4) is 10.6 Å². The second-order valence-corrected chi connectivity index (χ2v) is 5.76. The monoisotopic (exact) mass is 322 g/mol. The van der Waals surface area contributed by atoms with Crippen molar-refractivity contribution in [2.45, 2.75) is 19.8 Å². The third kappa shape index (κ3) is 1.95. The van der Waals surface area contributed by atoms with Crippen LogP contribution in [-0.2, 0) is 6.42 Å². The number of aryl methyl sites for hydroxylation is 1. The molecule has 6 heteroatoms. The zero-order valence-corrected chi connectivity index (χ0v) is 12.2. The Bertz CT molecular complexity index is 688. The minimum absolute atomic E-state index is 0.851. The van der Waals surface area contributed by atoms with Crippen molar-refractivity contribution in [1.82, 2.24) is 19.8 Å². The van der Waals surface area contributed by atoms with E-state index in [1.54, 1.807) is 11.3 Å². The van der Waals surface area contributed by atoms with Gasteiger partial charge in [0.25, 0.3) is 0 Å². The van der Waals surface area contributed by atoms with Crippen LogP contribution in [0.1, 0.15) is 19.2 Å². The van der Waals surface area contributed by atoms with Gasteiger partial charge in [0.2, 0.25) is 4.96 Å². The Morgan fingerprint density at radius 3 is 2.89 bits per heavy atom. The maximum absolute atomic E-state index is 4.60. The SMILES string of the molecule is CCCc1nnc2sc(-c3ccccc3Br)nn12. The van der Waals surface area contributed by atoms with Gasteiger partial charge in [0.15, 0.2) is 5.82 Å². The van der Waals surface area contributed by atoms with Crippen LogP contribution in [0.3, 0.4) is 0 Å². The molecule has 0 atom stereocenters. The first kappa shape index (κ1) is 11.8. The van der Waals surface area contributed by atoms with Crippen LogP contribution in [0.4, 0.5) is 0 Å². The predicted molar refractivity (Wildman–Crippen MR) is 75.8 cm³/mol. The molecule has 0 fully saturated rings. The van der Waals surface area contributed by atoms with Gasteiger partial charge in [0.1, 0.15) is 5.01 Å². The Balaban J connectivity index is 2.11. The lowest BCUT2D eigenvalue weighted by Gasteiger charge is -1.98. The summed E-state index contributed by atoms with van der Waals surface area (Å²) < 4.78 is 2.90. The lowest BCUT2D eigenvalue weighted by molar-refractivity contribution is 0.778. The lowest BCUT2D eigenvalue weighted by atomic mass is 10.2. The third-order valence-corrected chi connectivity index (χ3v) is 4.26. The van der Waals surface area contributed by atoms with E-state index in [2.05, 4.69) is 44.2 Å². The van der Waals surface area contributed by atoms with E-state index < -0.39 is 0 Å². The first-order valence-corrected chi connectivity index (χ1v) is 7.36. The van der Waals surface area contributed by atoms with Crippen LogP contribution in [0.15, 0.2) is 28.7 Å². The fourth-order valence-corrected chi connectivity index (χ4v) is 3.28. The summed E-state index contributed by atoms with van der Waals surface area (Å²) in [4.78, 5) is 0.851. The van der Waals surface area contributed by atoms with Crippen LogP contribution in [0.2, 0.25) is 0 Å². The van der Waals surface area contributed by atoms with Crippen LogP contribution in [0.5, 0.6) is 0 Å². The lowest BCUT2D eigenvalue weighted by Crippen LogP contribution is -1.95. The number of rotatable bonds is 3. The number of fused-ring (bicyclic) bond motifs is 1. The Morgan fingerprint density at radius 1 is 1.28 bits per heavy atom. The fraction of sp³-hybridized carbons (Fsp3) is 0.250. The number of aromatic nitrogens is 4. The summed E-state index contributed by atoms with van der Waals surface area (Å²) in [5, 5.41) is 13.9. The van der Waals surface area contributed by atoms with Crippen molar-refractivity contribution in [2.24, 2.45) is 0 Å². The van der Waals surface area contributed by atoms with E-state index in [-0.39, 0.29) is 0 Å². The molecule has 2 aromatic heterocycles. The highest BCUT2D eigenvalue weighted by Gasteiger charge is 2.13. The summed E-state index contributed by atoms with van der Waals surface area (Å²) in [6.07, 6.45) is 1.95. The van der Waals surface area contributed by atoms with Crippen molar-refractivity contribution in [3.05, 3.63) is 34.6 Å². The van der Waals surface area contributed by atoms with E-state index in [0.717, 1.165) is 38.7 Å². The maximum atomic E-state index is 4.60. The molecular formula is C12H11BrN4S. The minimum Gasteiger partial charge on any atom is -0.187 e. The van der Waals surface area contributed by atoms with Gasteiger partial charge in [-0.1, -0.05) is 52.4 Å². The van der Waals surface area contributed by atoms with Crippen molar-refractivity contribution in [2.75, 3.05) is 0 Å². The summed E-state index contributed by atoms with van der Waals surface area (Å²) in [6.45, 7) is 2.13. The number of hydrogen-bond acceptors (Lipinski definition) is 4. The molecule has 92 valence electrons. The smallest absolute Gasteiger partial charge is 0.187 e. The van der Waals surface area contributed by atoms with Gasteiger partial charge >= 0.3 is 0 Å². The van der Waals surface area contributed by atoms with Gasteiger partial charge in [-0.05, 0) is 12.5 Å². The molecule has 0 saturated carbocycles. The van der Waals surface area contributed by atoms with Crippen molar-refractivity contribution >= 4 is 32.2 Å². The number of halogens is 1. The Hall–Kier alpha value is -1.27. The molecule has 18 heavy (non-hydrogen) atoms. The predicted octanol–water partition coefficient (Wildman–Crippen LogP) is 3.57. The van der Waals surface area contributed by atoms with Gasteiger partial charge < -0.3 is 0 Å². The van der Waals surface area contributed by atoms with Crippen molar-refractivity contribution in [1.29, 1.82) is 0 Å². The Kier molecular flexibility index (Phi) is 3.13. The molecule has 0 spiro atoms. The largest absolute Gasteiger partial charge is 0.234 e. The minimum atomic E-state index is 0.851. The summed E-state index contributed by atoms with van der Waals surface area (Å²) in [5.74, 6) is 0.932. The first-order chi connectivity index (χ1) is 8.79. The molecule has 2 heterocycles. The second-order valence-electron chi connectivity index (χ2n) is 3.95. The van der Waals surface area contributed by atoms with Gasteiger partial charge in [-0.2, -0.15) is 9.61 Å². The Labute approximate surface area is 117 Å². The summed E-state index contributed by atoms with van der Waals surface area (Å²) >= 11 is 5.11. The summed E-state index contributed by atoms with van der Waals surface area (Å²) in [5.41, 5.74) is 1.09. The molecular weight excluding hydrogens is 312 g/mol. The highest BCUT2D eigenvalue weighted by molar-refractivity contribution is 9.10. The second kappa shape index (κ2) is 4.78. The average Bonchev–Trinajstić information content (AvgIpc) is 2.92. The van der Waals surface area contributed by atoms with E-state index >= 15 is 0 Å². The molecule has 3 rings (SSSR count). The van der Waals surface area contributed by atoms with Crippen LogP contribution in [0, 0.1) is 0 Å². The highest BCUT2D eigenvalue weighted by atomic mass is 79.9. The standard InChI is InChI=1S/C12H11BrN4S/c1-2-5-10-14-15-12-17(10)16-11(18-12)8-6-3-4-7-9(8)13/h3-4,6-7H,2,5H2,1H3. The Morgan fingerprint density at radius 2 is 2.11 bits per heavy atom. The van der Waals surface area contributed by atoms with Gasteiger partial charge in [-0.15, -0.1) is 10.2 Å². The molecule has 0 N–H and O–H groups in total. The number of benzene rings is 1. The molecule has 0 aliphatic rings. The topological polar surface area (TPSA) is 43.1 Å². The molecule has 0 aliphatic heterocycles. The molecule has 0 unspecified atom stereocenters. The van der Waals surface area contributed by atoms with Crippen LogP contribution < -0.4 is 0 Å². The summed E-state index contributed by atoms with van der Waals surface area (Å²) in [6, 6.07) is 8.08. The zero-order valence-electron chi connectivity index (χ0n) is 9.80.